The SMILES string of the molecule is CCCc1ccc(S(=O)(=O)C2(C(=O)NO)CCOCC2)cc1. The average molecular weight is 327 g/mol. The highest BCUT2D eigenvalue weighted by molar-refractivity contribution is 7.93. The zero-order valence-electron chi connectivity index (χ0n) is 12.5. The molecule has 7 heteroatoms. The van der Waals surface area contributed by atoms with E-state index in [4.69, 9.17) is 9.94 Å². The molecule has 0 atom stereocenters. The first-order chi connectivity index (χ1) is 10.5. The molecule has 2 N–H and O–H groups in total. The Bertz CT molecular complexity index is 618. The van der Waals surface area contributed by atoms with Gasteiger partial charge < -0.3 is 4.74 Å². The van der Waals surface area contributed by atoms with Crippen molar-refractivity contribution in [1.29, 1.82) is 0 Å². The van der Waals surface area contributed by atoms with E-state index in [0.717, 1.165) is 18.4 Å². The molecule has 0 radical (unpaired) electrons. The van der Waals surface area contributed by atoms with E-state index in [1.165, 1.54) is 17.6 Å². The Hall–Kier alpha value is -1.44. The van der Waals surface area contributed by atoms with Gasteiger partial charge in [-0.1, -0.05) is 25.5 Å². The summed E-state index contributed by atoms with van der Waals surface area (Å²) in [4.78, 5) is 12.2. The molecule has 0 bridgehead atoms. The molecule has 0 aliphatic carbocycles. The van der Waals surface area contributed by atoms with E-state index in [2.05, 4.69) is 0 Å². The van der Waals surface area contributed by atoms with Crippen molar-refractivity contribution in [2.24, 2.45) is 0 Å². The average Bonchev–Trinajstić information content (AvgIpc) is 2.55. The number of amides is 1. The van der Waals surface area contributed by atoms with Crippen LogP contribution in [0.4, 0.5) is 0 Å². The second-order valence-corrected chi connectivity index (χ2v) is 7.70. The lowest BCUT2D eigenvalue weighted by molar-refractivity contribution is -0.134. The monoisotopic (exact) mass is 327 g/mol. The Morgan fingerprint density at radius 3 is 2.36 bits per heavy atom. The number of hydroxylamine groups is 1. The molecule has 0 spiro atoms. The molecule has 1 saturated heterocycles. The Labute approximate surface area is 130 Å². The first-order valence-electron chi connectivity index (χ1n) is 7.34. The molecule has 1 aliphatic rings. The minimum Gasteiger partial charge on any atom is -0.381 e. The van der Waals surface area contributed by atoms with E-state index >= 15 is 0 Å². The van der Waals surface area contributed by atoms with Gasteiger partial charge in [-0.2, -0.15) is 0 Å². The first-order valence-corrected chi connectivity index (χ1v) is 8.82. The third-order valence-electron chi connectivity index (χ3n) is 4.10. The molecule has 0 aromatic heterocycles. The molecule has 0 unspecified atom stereocenters. The molecular weight excluding hydrogens is 306 g/mol. The number of carbonyl (C=O) groups excluding carboxylic acids is 1. The van der Waals surface area contributed by atoms with Gasteiger partial charge in [0.05, 0.1) is 4.90 Å². The minimum absolute atomic E-state index is 0.0262. The van der Waals surface area contributed by atoms with Crippen LogP contribution in [-0.4, -0.2) is 37.5 Å². The quantitative estimate of drug-likeness (QED) is 0.631. The highest BCUT2D eigenvalue weighted by Gasteiger charge is 2.52. The fraction of sp³-hybridized carbons (Fsp3) is 0.533. The summed E-state index contributed by atoms with van der Waals surface area (Å²) in [7, 11) is -3.92. The van der Waals surface area contributed by atoms with Gasteiger partial charge in [-0.25, -0.2) is 13.9 Å². The maximum absolute atomic E-state index is 13.0. The highest BCUT2D eigenvalue weighted by atomic mass is 32.2. The molecule has 122 valence electrons. The van der Waals surface area contributed by atoms with Crippen LogP contribution in [0.25, 0.3) is 0 Å². The van der Waals surface area contributed by atoms with E-state index < -0.39 is 20.5 Å². The Balaban J connectivity index is 2.42. The number of aryl methyl sites for hydroxylation is 1. The predicted molar refractivity (Wildman–Crippen MR) is 80.3 cm³/mol. The van der Waals surface area contributed by atoms with Crippen LogP contribution < -0.4 is 5.48 Å². The third kappa shape index (κ3) is 2.88. The highest BCUT2D eigenvalue weighted by Crippen LogP contribution is 2.35. The van der Waals surface area contributed by atoms with Gasteiger partial charge >= 0.3 is 0 Å². The van der Waals surface area contributed by atoms with Crippen molar-refractivity contribution in [3.8, 4) is 0 Å². The fourth-order valence-electron chi connectivity index (χ4n) is 2.77. The standard InChI is InChI=1S/C15H21NO5S/c1-2-3-12-4-6-13(7-5-12)22(19,20)15(14(17)16-18)8-10-21-11-9-15/h4-7,18H,2-3,8-11H2,1H3,(H,16,17). The van der Waals surface area contributed by atoms with E-state index in [-0.39, 0.29) is 31.0 Å². The van der Waals surface area contributed by atoms with Gasteiger partial charge in [0.15, 0.2) is 14.6 Å². The van der Waals surface area contributed by atoms with Crippen molar-refractivity contribution < 1.29 is 23.2 Å². The molecule has 0 saturated carbocycles. The maximum Gasteiger partial charge on any atom is 0.265 e. The van der Waals surface area contributed by atoms with Crippen molar-refractivity contribution >= 4 is 15.7 Å². The fourth-order valence-corrected chi connectivity index (χ4v) is 4.71. The van der Waals surface area contributed by atoms with E-state index in [9.17, 15) is 13.2 Å². The van der Waals surface area contributed by atoms with E-state index in [1.54, 1.807) is 12.1 Å². The number of rotatable bonds is 5. The van der Waals surface area contributed by atoms with Gasteiger partial charge in [-0.05, 0) is 37.0 Å². The van der Waals surface area contributed by atoms with Gasteiger partial charge in [0.2, 0.25) is 0 Å². The zero-order chi connectivity index (χ0) is 16.2. The molecule has 1 aromatic carbocycles. The second kappa shape index (κ2) is 6.76. The number of carbonyl (C=O) groups is 1. The summed E-state index contributed by atoms with van der Waals surface area (Å²) >= 11 is 0. The van der Waals surface area contributed by atoms with Crippen molar-refractivity contribution in [3.05, 3.63) is 29.8 Å². The second-order valence-electron chi connectivity index (χ2n) is 5.44. The molecular formula is C15H21NO5S. The molecule has 1 heterocycles. The smallest absolute Gasteiger partial charge is 0.265 e. The van der Waals surface area contributed by atoms with Crippen molar-refractivity contribution in [2.75, 3.05) is 13.2 Å². The van der Waals surface area contributed by atoms with E-state index in [0.29, 0.717) is 0 Å². The Morgan fingerprint density at radius 2 is 1.86 bits per heavy atom. The topological polar surface area (TPSA) is 92.7 Å². The summed E-state index contributed by atoms with van der Waals surface area (Å²) in [5, 5.41) is 8.97. The number of nitrogens with one attached hydrogen (secondary N) is 1. The summed E-state index contributed by atoms with van der Waals surface area (Å²) < 4.78 is 29.4. The van der Waals surface area contributed by atoms with Crippen LogP contribution in [0.1, 0.15) is 31.7 Å². The van der Waals surface area contributed by atoms with Crippen LogP contribution in [0, 0.1) is 0 Å². The molecule has 1 fully saturated rings. The molecule has 1 amide bonds. The maximum atomic E-state index is 13.0. The molecule has 2 rings (SSSR count). The first kappa shape index (κ1) is 16.9. The normalized spacial score (nSPS) is 17.9. The molecule has 1 aromatic rings. The van der Waals surface area contributed by atoms with Crippen molar-refractivity contribution in [1.82, 2.24) is 5.48 Å². The van der Waals surface area contributed by atoms with Crippen LogP contribution in [-0.2, 0) is 25.8 Å². The van der Waals surface area contributed by atoms with Crippen LogP contribution >= 0.6 is 0 Å². The number of benzene rings is 1. The molecule has 1 aliphatic heterocycles. The summed E-state index contributed by atoms with van der Waals surface area (Å²) in [5.74, 6) is -0.895. The lowest BCUT2D eigenvalue weighted by Crippen LogP contribution is -2.54. The molecule has 22 heavy (non-hydrogen) atoms. The van der Waals surface area contributed by atoms with Crippen molar-refractivity contribution in [2.45, 2.75) is 42.2 Å². The largest absolute Gasteiger partial charge is 0.381 e. The number of hydrogen-bond acceptors (Lipinski definition) is 5. The number of hydrogen-bond donors (Lipinski definition) is 2. The number of sulfone groups is 1. The summed E-state index contributed by atoms with van der Waals surface area (Å²) in [6.45, 7) is 2.38. The third-order valence-corrected chi connectivity index (χ3v) is 6.62. The van der Waals surface area contributed by atoms with Gasteiger partial charge in [0, 0.05) is 13.2 Å². The van der Waals surface area contributed by atoms with Crippen LogP contribution in [0.15, 0.2) is 29.2 Å². The Morgan fingerprint density at radius 1 is 1.27 bits per heavy atom. The van der Waals surface area contributed by atoms with Crippen LogP contribution in [0.5, 0.6) is 0 Å². The molecule has 6 nitrogen and oxygen atoms in total. The van der Waals surface area contributed by atoms with Crippen LogP contribution in [0.2, 0.25) is 0 Å². The van der Waals surface area contributed by atoms with Gasteiger partial charge in [0.25, 0.3) is 5.91 Å². The zero-order valence-corrected chi connectivity index (χ0v) is 13.4. The Kier molecular flexibility index (Phi) is 5.20. The summed E-state index contributed by atoms with van der Waals surface area (Å²) in [5.41, 5.74) is 2.56. The van der Waals surface area contributed by atoms with Gasteiger partial charge in [-0.15, -0.1) is 0 Å². The minimum atomic E-state index is -3.92. The lowest BCUT2D eigenvalue weighted by Gasteiger charge is -2.34. The lowest BCUT2D eigenvalue weighted by atomic mass is 9.98. The predicted octanol–water partition coefficient (Wildman–Crippen LogP) is 1.47. The van der Waals surface area contributed by atoms with E-state index in [1.807, 2.05) is 6.92 Å². The van der Waals surface area contributed by atoms with Crippen molar-refractivity contribution in [3.63, 3.8) is 0 Å². The van der Waals surface area contributed by atoms with Gasteiger partial charge in [-0.3, -0.25) is 10.0 Å². The number of ether oxygens (including phenoxy) is 1. The van der Waals surface area contributed by atoms with Gasteiger partial charge in [0.1, 0.15) is 0 Å². The summed E-state index contributed by atoms with van der Waals surface area (Å²) in [6.07, 6.45) is 1.90. The van der Waals surface area contributed by atoms with Crippen LogP contribution in [0.3, 0.4) is 0 Å². The summed E-state index contributed by atoms with van der Waals surface area (Å²) in [6, 6.07) is 6.59.